The summed E-state index contributed by atoms with van der Waals surface area (Å²) in [6.07, 6.45) is -0.971. The number of rotatable bonds is 8. The number of hydrogen-bond donors (Lipinski definition) is 1. The number of nitrogens with zero attached hydrogens (tertiary/aromatic N) is 1. The molecule has 7 nitrogen and oxygen atoms in total. The number of carbonyl (C=O) groups excluding carboxylic acids is 1. The molecular weight excluding hydrogens is 452 g/mol. The van der Waals surface area contributed by atoms with Crippen molar-refractivity contribution in [2.75, 3.05) is 24.0 Å². The lowest BCUT2D eigenvalue weighted by Gasteiger charge is -2.34. The summed E-state index contributed by atoms with van der Waals surface area (Å²) in [6, 6.07) is 21.7. The molecular formula is C26H28N2O5S. The van der Waals surface area contributed by atoms with Gasteiger partial charge in [0.15, 0.2) is 6.10 Å². The van der Waals surface area contributed by atoms with Gasteiger partial charge in [0, 0.05) is 0 Å². The van der Waals surface area contributed by atoms with E-state index in [4.69, 9.17) is 9.47 Å². The molecule has 34 heavy (non-hydrogen) atoms. The van der Waals surface area contributed by atoms with Crippen LogP contribution in [0.4, 0.5) is 5.69 Å². The number of amides is 1. The molecule has 0 saturated carbocycles. The van der Waals surface area contributed by atoms with Crippen LogP contribution in [0.25, 0.3) is 0 Å². The number of fused-ring (bicyclic) bond motifs is 1. The Kier molecular flexibility index (Phi) is 7.07. The van der Waals surface area contributed by atoms with Gasteiger partial charge in [0.1, 0.15) is 18.1 Å². The third kappa shape index (κ3) is 5.51. The molecule has 1 aliphatic rings. The fourth-order valence-corrected chi connectivity index (χ4v) is 5.46. The number of anilines is 1. The van der Waals surface area contributed by atoms with E-state index in [2.05, 4.69) is 5.32 Å². The van der Waals surface area contributed by atoms with E-state index in [1.807, 2.05) is 38.1 Å². The van der Waals surface area contributed by atoms with Crippen LogP contribution >= 0.6 is 0 Å². The van der Waals surface area contributed by atoms with E-state index < -0.39 is 22.0 Å². The second-order valence-corrected chi connectivity index (χ2v) is 10.1. The highest BCUT2D eigenvalue weighted by Gasteiger charge is 2.36. The third-order valence-electron chi connectivity index (χ3n) is 5.54. The topological polar surface area (TPSA) is 84.9 Å². The zero-order valence-corrected chi connectivity index (χ0v) is 20.0. The van der Waals surface area contributed by atoms with Crippen molar-refractivity contribution in [2.24, 2.45) is 0 Å². The molecule has 8 heteroatoms. The van der Waals surface area contributed by atoms with Crippen LogP contribution in [0.1, 0.15) is 16.7 Å². The first-order valence-corrected chi connectivity index (χ1v) is 12.7. The monoisotopic (exact) mass is 480 g/mol. The van der Waals surface area contributed by atoms with E-state index in [0.29, 0.717) is 17.0 Å². The minimum atomic E-state index is -3.74. The van der Waals surface area contributed by atoms with E-state index in [1.54, 1.807) is 48.5 Å². The van der Waals surface area contributed by atoms with Crippen LogP contribution in [0.3, 0.4) is 0 Å². The summed E-state index contributed by atoms with van der Waals surface area (Å²) in [4.78, 5) is 12.8. The lowest BCUT2D eigenvalue weighted by molar-refractivity contribution is -0.127. The van der Waals surface area contributed by atoms with Crippen molar-refractivity contribution in [3.63, 3.8) is 0 Å². The minimum Gasteiger partial charge on any atom is -0.491 e. The predicted molar refractivity (Wildman–Crippen MR) is 132 cm³/mol. The summed E-state index contributed by atoms with van der Waals surface area (Å²) in [7, 11) is -3.74. The van der Waals surface area contributed by atoms with Gasteiger partial charge in [-0.25, -0.2) is 8.42 Å². The molecule has 3 aromatic rings. The fourth-order valence-electron chi connectivity index (χ4n) is 3.88. The predicted octanol–water partition coefficient (Wildman–Crippen LogP) is 3.60. The van der Waals surface area contributed by atoms with Crippen molar-refractivity contribution in [2.45, 2.75) is 25.7 Å². The van der Waals surface area contributed by atoms with Crippen molar-refractivity contribution in [1.29, 1.82) is 0 Å². The normalized spacial score (nSPS) is 15.2. The Morgan fingerprint density at radius 2 is 1.79 bits per heavy atom. The first kappa shape index (κ1) is 23.6. The Hall–Kier alpha value is -3.52. The smallest absolute Gasteiger partial charge is 0.263 e. The van der Waals surface area contributed by atoms with Gasteiger partial charge in [-0.15, -0.1) is 0 Å². The van der Waals surface area contributed by atoms with Crippen LogP contribution in [0.2, 0.25) is 0 Å². The highest BCUT2D eigenvalue weighted by molar-refractivity contribution is 7.92. The quantitative estimate of drug-likeness (QED) is 0.498. The van der Waals surface area contributed by atoms with Crippen LogP contribution in [0, 0.1) is 13.8 Å². The average molecular weight is 481 g/mol. The maximum atomic E-state index is 13.3. The van der Waals surface area contributed by atoms with Crippen LogP contribution < -0.4 is 19.1 Å². The third-order valence-corrected chi connectivity index (χ3v) is 7.26. The number of nitrogens with one attached hydrogen (secondary N) is 1. The highest BCUT2D eigenvalue weighted by Crippen LogP contribution is 2.35. The Morgan fingerprint density at radius 3 is 2.56 bits per heavy atom. The standard InChI is InChI=1S/C26H28N2O5S/c1-19-12-13-23(20(2)16-19)32-15-14-27-26(29)25-17-28(22-10-6-7-11-24(22)33-25)34(30,31)18-21-8-4-3-5-9-21/h3-13,16,25H,14-15,17-18H2,1-2H3,(H,27,29). The van der Waals surface area contributed by atoms with Gasteiger partial charge in [-0.1, -0.05) is 60.2 Å². The van der Waals surface area contributed by atoms with Crippen molar-refractivity contribution < 1.29 is 22.7 Å². The number of benzene rings is 3. The molecule has 0 aliphatic carbocycles. The molecule has 0 spiro atoms. The Morgan fingerprint density at radius 1 is 1.06 bits per heavy atom. The van der Waals surface area contributed by atoms with Crippen LogP contribution in [-0.4, -0.2) is 40.1 Å². The van der Waals surface area contributed by atoms with Crippen LogP contribution in [-0.2, 0) is 20.6 Å². The molecule has 3 aromatic carbocycles. The van der Waals surface area contributed by atoms with Crippen molar-refractivity contribution in [3.05, 3.63) is 89.5 Å². The number of para-hydroxylation sites is 2. The van der Waals surface area contributed by atoms with Gasteiger partial charge in [0.2, 0.25) is 10.0 Å². The van der Waals surface area contributed by atoms with Crippen molar-refractivity contribution >= 4 is 21.6 Å². The van der Waals surface area contributed by atoms with E-state index in [1.165, 1.54) is 4.31 Å². The maximum absolute atomic E-state index is 13.3. The molecule has 1 amide bonds. The number of carbonyl (C=O) groups is 1. The van der Waals surface area contributed by atoms with Gasteiger partial charge >= 0.3 is 0 Å². The molecule has 0 bridgehead atoms. The summed E-state index contributed by atoms with van der Waals surface area (Å²) in [5.41, 5.74) is 3.29. The van der Waals surface area contributed by atoms with Gasteiger partial charge in [-0.2, -0.15) is 0 Å². The molecule has 0 saturated heterocycles. The van der Waals surface area contributed by atoms with Gasteiger partial charge in [-0.3, -0.25) is 9.10 Å². The van der Waals surface area contributed by atoms with Crippen molar-refractivity contribution in [1.82, 2.24) is 5.32 Å². The van der Waals surface area contributed by atoms with Gasteiger partial charge in [0.25, 0.3) is 5.91 Å². The van der Waals surface area contributed by atoms with E-state index in [-0.39, 0.29) is 25.4 Å². The largest absolute Gasteiger partial charge is 0.491 e. The second-order valence-electron chi connectivity index (χ2n) is 8.26. The van der Waals surface area contributed by atoms with E-state index >= 15 is 0 Å². The summed E-state index contributed by atoms with van der Waals surface area (Å²) in [6.45, 7) is 4.44. The minimum absolute atomic E-state index is 0.101. The number of sulfonamides is 1. The summed E-state index contributed by atoms with van der Waals surface area (Å²) in [5.74, 6) is 0.567. The molecule has 0 aromatic heterocycles. The lowest BCUT2D eigenvalue weighted by atomic mass is 10.1. The van der Waals surface area contributed by atoms with E-state index in [9.17, 15) is 13.2 Å². The molecule has 178 valence electrons. The molecule has 1 unspecified atom stereocenters. The van der Waals surface area contributed by atoms with Gasteiger partial charge in [0.05, 0.1) is 24.5 Å². The Bertz CT molecular complexity index is 1260. The molecule has 1 aliphatic heterocycles. The molecule has 1 N–H and O–H groups in total. The molecule has 0 fully saturated rings. The van der Waals surface area contributed by atoms with Gasteiger partial charge in [-0.05, 0) is 43.2 Å². The second kappa shape index (κ2) is 10.2. The average Bonchev–Trinajstić information content (AvgIpc) is 2.82. The number of ether oxygens (including phenoxy) is 2. The van der Waals surface area contributed by atoms with Crippen LogP contribution in [0.15, 0.2) is 72.8 Å². The first-order valence-electron chi connectivity index (χ1n) is 11.1. The summed E-state index contributed by atoms with van der Waals surface area (Å²) < 4.78 is 39.5. The highest BCUT2D eigenvalue weighted by atomic mass is 32.2. The number of hydrogen-bond acceptors (Lipinski definition) is 5. The zero-order chi connectivity index (χ0) is 24.1. The fraction of sp³-hybridized carbons (Fsp3) is 0.269. The maximum Gasteiger partial charge on any atom is 0.263 e. The van der Waals surface area contributed by atoms with E-state index in [0.717, 1.165) is 16.9 Å². The molecule has 1 atom stereocenters. The van der Waals surface area contributed by atoms with Crippen LogP contribution in [0.5, 0.6) is 11.5 Å². The Labute approximate surface area is 200 Å². The summed E-state index contributed by atoms with van der Waals surface area (Å²) in [5, 5.41) is 2.80. The van der Waals surface area contributed by atoms with Gasteiger partial charge < -0.3 is 14.8 Å². The molecule has 1 heterocycles. The number of aryl methyl sites for hydroxylation is 2. The first-order chi connectivity index (χ1) is 16.3. The lowest BCUT2D eigenvalue weighted by Crippen LogP contribution is -2.51. The zero-order valence-electron chi connectivity index (χ0n) is 19.2. The Balaban J connectivity index is 1.42. The van der Waals surface area contributed by atoms with Crippen molar-refractivity contribution in [3.8, 4) is 11.5 Å². The SMILES string of the molecule is Cc1ccc(OCCNC(=O)C2CN(S(=O)(=O)Cc3ccccc3)c3ccccc3O2)c(C)c1. The summed E-state index contributed by atoms with van der Waals surface area (Å²) >= 11 is 0. The molecule has 4 rings (SSSR count). The molecule has 0 radical (unpaired) electrons.